The van der Waals surface area contributed by atoms with Crippen molar-refractivity contribution in [3.8, 4) is 11.6 Å². The van der Waals surface area contributed by atoms with Crippen LogP contribution in [-0.4, -0.2) is 89.9 Å². The largest absolute Gasteiger partial charge is 0.496 e. The van der Waals surface area contributed by atoms with Crippen molar-refractivity contribution in [1.29, 1.82) is 0 Å². The molecule has 1 amide bonds. The van der Waals surface area contributed by atoms with Crippen molar-refractivity contribution in [3.63, 3.8) is 0 Å². The van der Waals surface area contributed by atoms with Crippen molar-refractivity contribution in [3.05, 3.63) is 35.7 Å². The third-order valence-corrected chi connectivity index (χ3v) is 6.84. The van der Waals surface area contributed by atoms with Crippen LogP contribution in [0.4, 0.5) is 11.5 Å². The zero-order valence-corrected chi connectivity index (χ0v) is 22.2. The standard InChI is InChI=1S/C27H37N7O3/c1-32-12-7-5-6-9-23(35)33(2)13-8-14-34(3)26-24-21(27(36)31-25(24)29-18-30-26)16-28-20-10-11-22(37-4)19(15-20)17-32/h10-11,15-16,18,36H,5-9,12-14,17H2,1-4H3,(H,29,30,31). The summed E-state index contributed by atoms with van der Waals surface area (Å²) in [6.07, 6.45) is 7.43. The first kappa shape index (κ1) is 26.4. The Hall–Kier alpha value is -3.66. The van der Waals surface area contributed by atoms with Gasteiger partial charge in [0, 0.05) is 51.9 Å². The second kappa shape index (κ2) is 12.1. The number of nitrogens with one attached hydrogen (secondary N) is 1. The highest BCUT2D eigenvalue weighted by Gasteiger charge is 2.18. The minimum Gasteiger partial charge on any atom is -0.496 e. The molecule has 37 heavy (non-hydrogen) atoms. The van der Waals surface area contributed by atoms with E-state index in [0.717, 1.165) is 55.8 Å². The van der Waals surface area contributed by atoms with Crippen LogP contribution in [0.25, 0.3) is 11.0 Å². The average Bonchev–Trinajstić information content (AvgIpc) is 3.21. The Morgan fingerprint density at radius 1 is 1.00 bits per heavy atom. The molecule has 0 saturated heterocycles. The van der Waals surface area contributed by atoms with Gasteiger partial charge >= 0.3 is 0 Å². The van der Waals surface area contributed by atoms with Crippen LogP contribution in [0.15, 0.2) is 29.5 Å². The highest BCUT2D eigenvalue weighted by molar-refractivity contribution is 6.06. The van der Waals surface area contributed by atoms with E-state index in [-0.39, 0.29) is 11.8 Å². The van der Waals surface area contributed by atoms with Crippen LogP contribution in [0.3, 0.4) is 0 Å². The van der Waals surface area contributed by atoms with E-state index in [0.29, 0.717) is 41.9 Å². The number of carbonyl (C=O) groups is 1. The molecule has 3 heterocycles. The van der Waals surface area contributed by atoms with Crippen molar-refractivity contribution in [2.75, 3.05) is 52.8 Å². The molecular formula is C27H37N7O3. The van der Waals surface area contributed by atoms with Gasteiger partial charge in [0.15, 0.2) is 5.88 Å². The smallest absolute Gasteiger partial charge is 0.222 e. The molecule has 0 saturated carbocycles. The fourth-order valence-corrected chi connectivity index (χ4v) is 4.71. The normalized spacial score (nSPS) is 17.1. The van der Waals surface area contributed by atoms with E-state index < -0.39 is 0 Å². The lowest BCUT2D eigenvalue weighted by molar-refractivity contribution is -0.130. The maximum absolute atomic E-state index is 12.6. The van der Waals surface area contributed by atoms with Crippen molar-refractivity contribution in [2.24, 2.45) is 4.99 Å². The van der Waals surface area contributed by atoms with Gasteiger partial charge in [-0.3, -0.25) is 9.79 Å². The molecular weight excluding hydrogens is 470 g/mol. The Morgan fingerprint density at radius 3 is 2.62 bits per heavy atom. The zero-order chi connectivity index (χ0) is 26.4. The minimum absolute atomic E-state index is 0.00825. The lowest BCUT2D eigenvalue weighted by Crippen LogP contribution is -2.30. The molecule has 198 valence electrons. The fraction of sp³-hybridized carbons (Fsp3) is 0.481. The lowest BCUT2D eigenvalue weighted by atomic mass is 10.1. The van der Waals surface area contributed by atoms with Crippen molar-refractivity contribution in [2.45, 2.75) is 38.6 Å². The summed E-state index contributed by atoms with van der Waals surface area (Å²) < 4.78 is 5.59. The first-order valence-corrected chi connectivity index (χ1v) is 12.8. The van der Waals surface area contributed by atoms with Gasteiger partial charge in [-0.1, -0.05) is 6.42 Å². The molecule has 0 unspecified atom stereocenters. The van der Waals surface area contributed by atoms with E-state index in [4.69, 9.17) is 4.74 Å². The zero-order valence-electron chi connectivity index (χ0n) is 22.2. The molecule has 2 N–H and O–H groups in total. The summed E-state index contributed by atoms with van der Waals surface area (Å²) in [5, 5.41) is 11.4. The first-order chi connectivity index (χ1) is 17.9. The van der Waals surface area contributed by atoms with Gasteiger partial charge in [-0.15, -0.1) is 0 Å². The maximum atomic E-state index is 12.6. The van der Waals surface area contributed by atoms with Gasteiger partial charge in [-0.05, 0) is 51.1 Å². The number of rotatable bonds is 1. The Labute approximate surface area is 218 Å². The average molecular weight is 508 g/mol. The Kier molecular flexibility index (Phi) is 8.60. The van der Waals surface area contributed by atoms with E-state index in [9.17, 15) is 9.90 Å². The van der Waals surface area contributed by atoms with E-state index in [2.05, 4.69) is 31.9 Å². The van der Waals surface area contributed by atoms with Gasteiger partial charge in [0.2, 0.25) is 5.91 Å². The number of methoxy groups -OCH3 is 1. The number of aromatic hydroxyl groups is 1. The number of aromatic nitrogens is 3. The van der Waals surface area contributed by atoms with E-state index in [1.165, 1.54) is 6.33 Å². The number of amides is 1. The van der Waals surface area contributed by atoms with Gasteiger partial charge in [-0.25, -0.2) is 9.97 Å². The molecule has 1 aliphatic heterocycles. The van der Waals surface area contributed by atoms with Crippen LogP contribution < -0.4 is 9.64 Å². The molecule has 3 aromatic rings. The number of carbonyl (C=O) groups excluding carboxylic acids is 1. The minimum atomic E-state index is -0.00825. The molecule has 10 heteroatoms. The number of anilines is 1. The highest BCUT2D eigenvalue weighted by atomic mass is 16.5. The van der Waals surface area contributed by atoms with Crippen molar-refractivity contribution >= 4 is 34.7 Å². The topological polar surface area (TPSA) is 110 Å². The van der Waals surface area contributed by atoms with Gasteiger partial charge in [0.1, 0.15) is 23.5 Å². The molecule has 2 bridgehead atoms. The summed E-state index contributed by atoms with van der Waals surface area (Å²) in [6, 6.07) is 5.83. The Bertz CT molecular complexity index is 1260. The lowest BCUT2D eigenvalue weighted by Gasteiger charge is -2.22. The molecule has 0 radical (unpaired) electrons. The number of aliphatic imine (C=N–C) groups is 1. The highest BCUT2D eigenvalue weighted by Crippen LogP contribution is 2.32. The molecule has 1 aromatic carbocycles. The first-order valence-electron chi connectivity index (χ1n) is 12.8. The summed E-state index contributed by atoms with van der Waals surface area (Å²) >= 11 is 0. The number of aromatic amines is 1. The maximum Gasteiger partial charge on any atom is 0.222 e. The summed E-state index contributed by atoms with van der Waals surface area (Å²) in [5.74, 6) is 1.68. The molecule has 0 fully saturated rings. The summed E-state index contributed by atoms with van der Waals surface area (Å²) in [7, 11) is 7.58. The Morgan fingerprint density at radius 2 is 1.81 bits per heavy atom. The number of fused-ring (bicyclic) bond motifs is 2. The van der Waals surface area contributed by atoms with E-state index in [1.807, 2.05) is 42.1 Å². The van der Waals surface area contributed by atoms with Crippen molar-refractivity contribution < 1.29 is 14.6 Å². The second-order valence-corrected chi connectivity index (χ2v) is 9.70. The number of hydrogen-bond acceptors (Lipinski definition) is 8. The predicted octanol–water partition coefficient (Wildman–Crippen LogP) is 3.71. The number of nitrogens with zero attached hydrogens (tertiary/aromatic N) is 6. The summed E-state index contributed by atoms with van der Waals surface area (Å²) in [6.45, 7) is 3.01. The van der Waals surface area contributed by atoms with Crippen LogP contribution in [0.1, 0.15) is 43.2 Å². The molecule has 2 aromatic heterocycles. The molecule has 0 aliphatic carbocycles. The molecule has 4 rings (SSSR count). The van der Waals surface area contributed by atoms with Crippen LogP contribution in [0.2, 0.25) is 0 Å². The fourth-order valence-electron chi connectivity index (χ4n) is 4.71. The Balaban J connectivity index is 1.69. The quantitative estimate of drug-likeness (QED) is 0.517. The number of hydrogen-bond donors (Lipinski definition) is 2. The van der Waals surface area contributed by atoms with Crippen LogP contribution in [-0.2, 0) is 11.3 Å². The third kappa shape index (κ3) is 6.37. The second-order valence-electron chi connectivity index (χ2n) is 9.70. The summed E-state index contributed by atoms with van der Waals surface area (Å²) in [4.78, 5) is 35.1. The molecule has 10 nitrogen and oxygen atoms in total. The van der Waals surface area contributed by atoms with Crippen LogP contribution >= 0.6 is 0 Å². The summed E-state index contributed by atoms with van der Waals surface area (Å²) in [5.41, 5.74) is 2.87. The van der Waals surface area contributed by atoms with Crippen LogP contribution in [0, 0.1) is 0 Å². The molecule has 0 spiro atoms. The molecule has 1 aliphatic rings. The predicted molar refractivity (Wildman–Crippen MR) is 146 cm³/mol. The number of benzene rings is 1. The van der Waals surface area contributed by atoms with Crippen molar-refractivity contribution in [1.82, 2.24) is 24.8 Å². The van der Waals surface area contributed by atoms with Crippen LogP contribution in [0.5, 0.6) is 11.6 Å². The number of ether oxygens (including phenoxy) is 1. The SMILES string of the molecule is COc1ccc2cc1CN(C)CCCCCC(=O)N(C)CCCN(C)c1ncnc3[nH]c(O)c(c13)C=N2. The monoisotopic (exact) mass is 507 g/mol. The van der Waals surface area contributed by atoms with Gasteiger partial charge in [0.05, 0.1) is 23.7 Å². The van der Waals surface area contributed by atoms with E-state index >= 15 is 0 Å². The molecule has 0 atom stereocenters. The number of H-pyrrole nitrogens is 1. The van der Waals surface area contributed by atoms with Gasteiger partial charge < -0.3 is 29.5 Å². The van der Waals surface area contributed by atoms with Gasteiger partial charge in [0.25, 0.3) is 0 Å². The third-order valence-electron chi connectivity index (χ3n) is 6.84. The van der Waals surface area contributed by atoms with E-state index in [1.54, 1.807) is 13.3 Å². The van der Waals surface area contributed by atoms with Gasteiger partial charge in [-0.2, -0.15) is 0 Å².